The van der Waals surface area contributed by atoms with Crippen LogP contribution in [-0.2, 0) is 22.6 Å². The zero-order valence-corrected chi connectivity index (χ0v) is 10.1. The van der Waals surface area contributed by atoms with Crippen LogP contribution in [0.25, 0.3) is 0 Å². The Bertz CT molecular complexity index is 508. The van der Waals surface area contributed by atoms with E-state index < -0.39 is 11.9 Å². The first-order valence-electron chi connectivity index (χ1n) is 6.33. The van der Waals surface area contributed by atoms with Gasteiger partial charge in [-0.25, -0.2) is 0 Å². The Morgan fingerprint density at radius 1 is 1.17 bits per heavy atom. The van der Waals surface area contributed by atoms with E-state index in [1.54, 1.807) is 4.90 Å². The Kier molecular flexibility index (Phi) is 2.58. The highest BCUT2D eigenvalue weighted by Crippen LogP contribution is 2.34. The topological polar surface area (TPSA) is 63.4 Å². The van der Waals surface area contributed by atoms with Gasteiger partial charge in [-0.05, 0) is 24.0 Å². The first-order valence-corrected chi connectivity index (χ1v) is 6.33. The third-order valence-corrected chi connectivity index (χ3v) is 3.79. The van der Waals surface area contributed by atoms with E-state index in [2.05, 4.69) is 0 Å². The van der Waals surface area contributed by atoms with Gasteiger partial charge in [-0.1, -0.05) is 24.3 Å². The number of benzene rings is 1. The molecule has 1 heterocycles. The monoisotopic (exact) mass is 244 g/mol. The quantitative estimate of drug-likeness (QED) is 0.837. The van der Waals surface area contributed by atoms with Gasteiger partial charge in [0.05, 0.1) is 0 Å². The van der Waals surface area contributed by atoms with E-state index in [1.165, 1.54) is 0 Å². The summed E-state index contributed by atoms with van der Waals surface area (Å²) in [4.78, 5) is 25.4. The van der Waals surface area contributed by atoms with E-state index in [4.69, 9.17) is 5.73 Å². The van der Waals surface area contributed by atoms with Crippen LogP contribution in [0.5, 0.6) is 0 Å². The molecule has 0 saturated heterocycles. The van der Waals surface area contributed by atoms with Gasteiger partial charge < -0.3 is 10.6 Å². The first-order chi connectivity index (χ1) is 8.66. The summed E-state index contributed by atoms with van der Waals surface area (Å²) < 4.78 is 0. The number of hydrogen-bond donors (Lipinski definition) is 1. The van der Waals surface area contributed by atoms with Crippen molar-refractivity contribution in [2.45, 2.75) is 31.8 Å². The minimum atomic E-state index is -0.479. The number of amides is 2. The molecule has 0 unspecified atom stereocenters. The van der Waals surface area contributed by atoms with Gasteiger partial charge in [-0.2, -0.15) is 0 Å². The molecule has 1 aromatic carbocycles. The van der Waals surface area contributed by atoms with Gasteiger partial charge in [-0.3, -0.25) is 9.59 Å². The molecule has 4 heteroatoms. The molecule has 1 aliphatic heterocycles. The molecule has 94 valence electrons. The molecule has 1 saturated carbocycles. The van der Waals surface area contributed by atoms with Gasteiger partial charge in [0, 0.05) is 18.9 Å². The summed E-state index contributed by atoms with van der Waals surface area (Å²) in [5.41, 5.74) is 7.70. The largest absolute Gasteiger partial charge is 0.368 e. The molecule has 2 amide bonds. The molecule has 1 atom stereocenters. The smallest absolute Gasteiger partial charge is 0.240 e. The van der Waals surface area contributed by atoms with Crippen molar-refractivity contribution in [1.82, 2.24) is 4.90 Å². The lowest BCUT2D eigenvalue weighted by Crippen LogP contribution is -2.51. The maximum atomic E-state index is 12.2. The molecule has 0 bridgehead atoms. The molecule has 0 aromatic heterocycles. The standard InChI is InChI=1S/C14H16N2O2/c15-13(17)12-7-10-3-1-2-4-11(10)8-16(12)14(18)9-5-6-9/h1-4,9,12H,5-8H2,(H2,15,17)/t12-/m0/s1. The number of nitrogens with zero attached hydrogens (tertiary/aromatic N) is 1. The molecule has 2 N–H and O–H groups in total. The van der Waals surface area contributed by atoms with Crippen molar-refractivity contribution in [3.05, 3.63) is 35.4 Å². The molecule has 1 aromatic rings. The summed E-state index contributed by atoms with van der Waals surface area (Å²) >= 11 is 0. The summed E-state index contributed by atoms with van der Waals surface area (Å²) in [5, 5.41) is 0. The zero-order valence-electron chi connectivity index (χ0n) is 10.1. The van der Waals surface area contributed by atoms with Gasteiger partial charge in [-0.15, -0.1) is 0 Å². The second-order valence-corrected chi connectivity index (χ2v) is 5.13. The Labute approximate surface area is 106 Å². The molecule has 2 aliphatic rings. The second-order valence-electron chi connectivity index (χ2n) is 5.13. The lowest BCUT2D eigenvalue weighted by atomic mass is 9.93. The van der Waals surface area contributed by atoms with Crippen LogP contribution in [0.3, 0.4) is 0 Å². The molecule has 1 fully saturated rings. The Morgan fingerprint density at radius 3 is 2.44 bits per heavy atom. The van der Waals surface area contributed by atoms with Crippen LogP contribution in [-0.4, -0.2) is 22.8 Å². The van der Waals surface area contributed by atoms with E-state index in [0.717, 1.165) is 24.0 Å². The third kappa shape index (κ3) is 1.88. The SMILES string of the molecule is NC(=O)[C@@H]1Cc2ccccc2CN1C(=O)C1CC1. The number of primary amides is 1. The van der Waals surface area contributed by atoms with Crippen LogP contribution in [0.15, 0.2) is 24.3 Å². The number of nitrogens with two attached hydrogens (primary N) is 1. The van der Waals surface area contributed by atoms with Crippen molar-refractivity contribution in [3.8, 4) is 0 Å². The second kappa shape index (κ2) is 4.12. The van der Waals surface area contributed by atoms with Crippen molar-refractivity contribution in [1.29, 1.82) is 0 Å². The maximum Gasteiger partial charge on any atom is 0.240 e. The first kappa shape index (κ1) is 11.3. The molecule has 0 spiro atoms. The van der Waals surface area contributed by atoms with Crippen LogP contribution in [0, 0.1) is 5.92 Å². The van der Waals surface area contributed by atoms with Crippen molar-refractivity contribution in [2.24, 2.45) is 11.7 Å². The van der Waals surface area contributed by atoms with Crippen LogP contribution >= 0.6 is 0 Å². The average Bonchev–Trinajstić information content (AvgIpc) is 3.20. The molecule has 18 heavy (non-hydrogen) atoms. The fourth-order valence-corrected chi connectivity index (χ4v) is 2.57. The average molecular weight is 244 g/mol. The Morgan fingerprint density at radius 2 is 1.83 bits per heavy atom. The van der Waals surface area contributed by atoms with Gasteiger partial charge >= 0.3 is 0 Å². The van der Waals surface area contributed by atoms with Crippen molar-refractivity contribution < 1.29 is 9.59 Å². The molecular formula is C14H16N2O2. The number of carbonyl (C=O) groups is 2. The fourth-order valence-electron chi connectivity index (χ4n) is 2.57. The molecule has 4 nitrogen and oxygen atoms in total. The highest BCUT2D eigenvalue weighted by molar-refractivity contribution is 5.89. The predicted octanol–water partition coefficient (Wildman–Crippen LogP) is 0.835. The summed E-state index contributed by atoms with van der Waals surface area (Å²) in [7, 11) is 0. The lowest BCUT2D eigenvalue weighted by Gasteiger charge is -2.35. The molecule has 3 rings (SSSR count). The third-order valence-electron chi connectivity index (χ3n) is 3.79. The van der Waals surface area contributed by atoms with E-state index in [-0.39, 0.29) is 11.8 Å². The van der Waals surface area contributed by atoms with E-state index in [0.29, 0.717) is 13.0 Å². The van der Waals surface area contributed by atoms with Crippen molar-refractivity contribution in [3.63, 3.8) is 0 Å². The minimum absolute atomic E-state index is 0.0910. The van der Waals surface area contributed by atoms with Crippen LogP contribution in [0.1, 0.15) is 24.0 Å². The number of hydrogen-bond acceptors (Lipinski definition) is 2. The fraction of sp³-hybridized carbons (Fsp3) is 0.429. The number of carbonyl (C=O) groups excluding carboxylic acids is 2. The zero-order chi connectivity index (χ0) is 12.7. The summed E-state index contributed by atoms with van der Waals surface area (Å²) in [6, 6.07) is 7.45. The van der Waals surface area contributed by atoms with Crippen LogP contribution in [0.2, 0.25) is 0 Å². The highest BCUT2D eigenvalue weighted by Gasteiger charge is 2.40. The van der Waals surface area contributed by atoms with Crippen molar-refractivity contribution in [2.75, 3.05) is 0 Å². The highest BCUT2D eigenvalue weighted by atomic mass is 16.2. The normalized spacial score (nSPS) is 22.4. The summed E-state index contributed by atoms with van der Waals surface area (Å²) in [6.45, 7) is 0.513. The van der Waals surface area contributed by atoms with Crippen LogP contribution in [0.4, 0.5) is 0 Å². The number of rotatable bonds is 2. The summed E-state index contributed by atoms with van der Waals surface area (Å²) in [5.74, 6) is -0.191. The summed E-state index contributed by atoms with van der Waals surface area (Å²) in [6.07, 6.45) is 2.44. The van der Waals surface area contributed by atoms with E-state index in [1.807, 2.05) is 24.3 Å². The van der Waals surface area contributed by atoms with E-state index >= 15 is 0 Å². The van der Waals surface area contributed by atoms with Gasteiger partial charge in [0.1, 0.15) is 6.04 Å². The Hall–Kier alpha value is -1.84. The predicted molar refractivity (Wildman–Crippen MR) is 66.4 cm³/mol. The number of fused-ring (bicyclic) bond motifs is 1. The maximum absolute atomic E-state index is 12.2. The molecule has 1 aliphatic carbocycles. The van der Waals surface area contributed by atoms with Gasteiger partial charge in [0.2, 0.25) is 11.8 Å². The van der Waals surface area contributed by atoms with Crippen molar-refractivity contribution >= 4 is 11.8 Å². The van der Waals surface area contributed by atoms with Gasteiger partial charge in [0.25, 0.3) is 0 Å². The lowest BCUT2D eigenvalue weighted by molar-refractivity contribution is -0.141. The van der Waals surface area contributed by atoms with Gasteiger partial charge in [0.15, 0.2) is 0 Å². The molecular weight excluding hydrogens is 228 g/mol. The van der Waals surface area contributed by atoms with Crippen LogP contribution < -0.4 is 5.73 Å². The van der Waals surface area contributed by atoms with E-state index in [9.17, 15) is 9.59 Å². The Balaban J connectivity index is 1.92. The minimum Gasteiger partial charge on any atom is -0.368 e. The molecule has 0 radical (unpaired) electrons.